The van der Waals surface area contributed by atoms with E-state index in [-0.39, 0.29) is 22.5 Å². The lowest BCUT2D eigenvalue weighted by Gasteiger charge is -2.11. The largest absolute Gasteiger partial charge is 0.497 e. The quantitative estimate of drug-likeness (QED) is 0.318. The zero-order valence-electron chi connectivity index (χ0n) is 18.8. The molecule has 0 radical (unpaired) electrons. The van der Waals surface area contributed by atoms with Gasteiger partial charge in [0.15, 0.2) is 5.82 Å². The second-order valence-electron chi connectivity index (χ2n) is 7.54. The van der Waals surface area contributed by atoms with Gasteiger partial charge in [0.1, 0.15) is 24.1 Å². The third kappa shape index (κ3) is 5.46. The molecular formula is C23H20F3N7O3. The fourth-order valence-electron chi connectivity index (χ4n) is 3.49. The van der Waals surface area contributed by atoms with Crippen LogP contribution in [0.15, 0.2) is 61.1 Å². The Balaban J connectivity index is 1.59. The molecule has 0 aliphatic carbocycles. The van der Waals surface area contributed by atoms with Crippen molar-refractivity contribution in [1.82, 2.24) is 19.9 Å². The minimum atomic E-state index is -4.58. The second kappa shape index (κ2) is 9.82. The number of methoxy groups -OCH3 is 1. The number of nitrogens with zero attached hydrogens (tertiary/aromatic N) is 3. The summed E-state index contributed by atoms with van der Waals surface area (Å²) in [5.41, 5.74) is 7.82. The molecule has 0 spiro atoms. The van der Waals surface area contributed by atoms with E-state index in [0.717, 1.165) is 6.33 Å². The van der Waals surface area contributed by atoms with E-state index in [1.54, 1.807) is 48.5 Å². The van der Waals surface area contributed by atoms with Crippen molar-refractivity contribution in [3.63, 3.8) is 0 Å². The first-order valence-corrected chi connectivity index (χ1v) is 10.4. The number of carbonyl (C=O) groups excluding carboxylic acids is 2. The fourth-order valence-corrected chi connectivity index (χ4v) is 3.49. The number of fused-ring (bicyclic) bond motifs is 1. The number of nitrogen functional groups attached to an aromatic ring is 1. The Morgan fingerprint density at radius 3 is 2.50 bits per heavy atom. The van der Waals surface area contributed by atoms with E-state index in [1.165, 1.54) is 17.8 Å². The Bertz CT molecular complexity index is 1420. The molecule has 4 aromatic rings. The highest BCUT2D eigenvalue weighted by Gasteiger charge is 2.29. The third-order valence-corrected chi connectivity index (χ3v) is 5.06. The average molecular weight is 499 g/mol. The lowest BCUT2D eigenvalue weighted by molar-refractivity contribution is -0.123. The summed E-state index contributed by atoms with van der Waals surface area (Å²) in [6.07, 6.45) is -2.13. The van der Waals surface area contributed by atoms with Gasteiger partial charge in [0, 0.05) is 29.2 Å². The molecule has 4 rings (SSSR count). The summed E-state index contributed by atoms with van der Waals surface area (Å²) in [6.45, 7) is -1.50. The van der Waals surface area contributed by atoms with Gasteiger partial charge in [-0.25, -0.2) is 14.3 Å². The fraction of sp³-hybridized carbons (Fsp3) is 0.130. The predicted octanol–water partition coefficient (Wildman–Crippen LogP) is 3.92. The number of hydrogen-bond donors (Lipinski definition) is 4. The molecule has 0 saturated heterocycles. The van der Waals surface area contributed by atoms with Gasteiger partial charge in [0.05, 0.1) is 12.7 Å². The normalized spacial score (nSPS) is 11.2. The van der Waals surface area contributed by atoms with Crippen LogP contribution < -0.4 is 26.4 Å². The number of alkyl halides is 3. The van der Waals surface area contributed by atoms with Crippen molar-refractivity contribution in [2.45, 2.75) is 6.18 Å². The number of aromatic nitrogens is 3. The van der Waals surface area contributed by atoms with Crippen LogP contribution in [0.25, 0.3) is 16.6 Å². The van der Waals surface area contributed by atoms with E-state index < -0.39 is 24.7 Å². The minimum Gasteiger partial charge on any atom is -0.497 e. The van der Waals surface area contributed by atoms with Gasteiger partial charge >= 0.3 is 12.2 Å². The molecular weight excluding hydrogens is 479 g/mol. The number of rotatable bonds is 6. The van der Waals surface area contributed by atoms with Gasteiger partial charge in [0.2, 0.25) is 0 Å². The number of carbonyl (C=O) groups is 2. The van der Waals surface area contributed by atoms with Crippen LogP contribution in [0.3, 0.4) is 0 Å². The topological polar surface area (TPSA) is 136 Å². The molecule has 2 heterocycles. The first-order valence-electron chi connectivity index (χ1n) is 10.4. The van der Waals surface area contributed by atoms with Crippen LogP contribution in [0.5, 0.6) is 5.75 Å². The number of anilines is 3. The molecule has 0 saturated carbocycles. The molecule has 0 unspecified atom stereocenters. The van der Waals surface area contributed by atoms with E-state index in [4.69, 9.17) is 10.5 Å². The summed E-state index contributed by atoms with van der Waals surface area (Å²) >= 11 is 0. The van der Waals surface area contributed by atoms with Gasteiger partial charge in [-0.05, 0) is 29.8 Å². The van der Waals surface area contributed by atoms with E-state index >= 15 is 0 Å². The van der Waals surface area contributed by atoms with E-state index in [9.17, 15) is 22.8 Å². The number of hydrogen-bond acceptors (Lipinski definition) is 6. The number of nitrogens with two attached hydrogens (primary N) is 1. The van der Waals surface area contributed by atoms with Crippen LogP contribution in [-0.4, -0.2) is 46.4 Å². The summed E-state index contributed by atoms with van der Waals surface area (Å²) in [5.74, 6) is -0.336. The highest BCUT2D eigenvalue weighted by Crippen LogP contribution is 2.33. The standard InChI is InChI=1S/C23H20F3N7O3/c1-36-16-4-2-3-15(9-16)32-22(35)31-14-7-5-13(6-8-14)18-17(21(34)28-11-23(24,25)26)10-33-19(18)20(27)29-12-30-33/h2-10,12H,11H2,1H3,(H,28,34)(H2,27,29,30)(H2,31,32,35). The van der Waals surface area contributed by atoms with Crippen LogP contribution in [0.4, 0.5) is 35.2 Å². The Kier molecular flexibility index (Phi) is 6.63. The summed E-state index contributed by atoms with van der Waals surface area (Å²) in [4.78, 5) is 28.9. The molecule has 10 nitrogen and oxygen atoms in total. The SMILES string of the molecule is COc1cccc(NC(=O)Nc2ccc(-c3c(C(=O)NCC(F)(F)F)cn4ncnc(N)c34)cc2)c1. The van der Waals surface area contributed by atoms with Crippen LogP contribution in [-0.2, 0) is 0 Å². The average Bonchev–Trinajstić information content (AvgIpc) is 3.24. The molecule has 13 heteroatoms. The molecule has 0 aliphatic heterocycles. The Morgan fingerprint density at radius 2 is 1.81 bits per heavy atom. The third-order valence-electron chi connectivity index (χ3n) is 5.06. The van der Waals surface area contributed by atoms with Gasteiger partial charge in [-0.15, -0.1) is 0 Å². The molecule has 0 atom stereocenters. The molecule has 5 N–H and O–H groups in total. The lowest BCUT2D eigenvalue weighted by atomic mass is 10.0. The van der Waals surface area contributed by atoms with Crippen LogP contribution in [0.1, 0.15) is 10.4 Å². The zero-order valence-corrected chi connectivity index (χ0v) is 18.8. The summed E-state index contributed by atoms with van der Waals surface area (Å²) in [6, 6.07) is 12.6. The molecule has 0 aliphatic rings. The van der Waals surface area contributed by atoms with Crippen molar-refractivity contribution in [2.75, 3.05) is 30.0 Å². The molecule has 0 fully saturated rings. The Labute approximate surface area is 202 Å². The maximum absolute atomic E-state index is 12.6. The lowest BCUT2D eigenvalue weighted by Crippen LogP contribution is -2.33. The molecule has 2 aromatic heterocycles. The maximum Gasteiger partial charge on any atom is 0.405 e. The number of urea groups is 1. The maximum atomic E-state index is 12.6. The minimum absolute atomic E-state index is 0.0368. The van der Waals surface area contributed by atoms with Gasteiger partial charge in [-0.2, -0.15) is 18.3 Å². The first kappa shape index (κ1) is 24.3. The molecule has 186 valence electrons. The van der Waals surface area contributed by atoms with E-state index in [0.29, 0.717) is 22.7 Å². The van der Waals surface area contributed by atoms with Crippen molar-refractivity contribution < 1.29 is 27.5 Å². The number of nitrogens with one attached hydrogen (secondary N) is 3. The van der Waals surface area contributed by atoms with Gasteiger partial charge < -0.3 is 26.4 Å². The second-order valence-corrected chi connectivity index (χ2v) is 7.54. The predicted molar refractivity (Wildman–Crippen MR) is 127 cm³/mol. The number of amides is 3. The molecule has 36 heavy (non-hydrogen) atoms. The zero-order chi connectivity index (χ0) is 25.9. The van der Waals surface area contributed by atoms with Gasteiger partial charge in [-0.1, -0.05) is 18.2 Å². The first-order chi connectivity index (χ1) is 17.1. The van der Waals surface area contributed by atoms with Crippen molar-refractivity contribution in [3.05, 3.63) is 66.6 Å². The Morgan fingerprint density at radius 1 is 1.08 bits per heavy atom. The number of benzene rings is 2. The van der Waals surface area contributed by atoms with Crippen LogP contribution in [0.2, 0.25) is 0 Å². The summed E-state index contributed by atoms with van der Waals surface area (Å²) in [5, 5.41) is 11.2. The highest BCUT2D eigenvalue weighted by molar-refractivity contribution is 6.07. The number of halogens is 3. The van der Waals surface area contributed by atoms with Crippen molar-refractivity contribution in [3.8, 4) is 16.9 Å². The van der Waals surface area contributed by atoms with Crippen LogP contribution in [0, 0.1) is 0 Å². The van der Waals surface area contributed by atoms with Crippen molar-refractivity contribution >= 4 is 34.6 Å². The van der Waals surface area contributed by atoms with Gasteiger partial charge in [0.25, 0.3) is 5.91 Å². The monoisotopic (exact) mass is 499 g/mol. The summed E-state index contributed by atoms with van der Waals surface area (Å²) < 4.78 is 44.3. The smallest absolute Gasteiger partial charge is 0.405 e. The van der Waals surface area contributed by atoms with E-state index in [1.807, 2.05) is 5.32 Å². The molecule has 2 aromatic carbocycles. The van der Waals surface area contributed by atoms with E-state index in [2.05, 4.69) is 20.7 Å². The van der Waals surface area contributed by atoms with Crippen molar-refractivity contribution in [1.29, 1.82) is 0 Å². The number of ether oxygens (including phenoxy) is 1. The summed E-state index contributed by atoms with van der Waals surface area (Å²) in [7, 11) is 1.51. The van der Waals surface area contributed by atoms with Crippen LogP contribution >= 0.6 is 0 Å². The molecule has 3 amide bonds. The highest BCUT2D eigenvalue weighted by atomic mass is 19.4. The molecule has 0 bridgehead atoms. The Hall–Kier alpha value is -4.81. The van der Waals surface area contributed by atoms with Crippen molar-refractivity contribution in [2.24, 2.45) is 0 Å². The van der Waals surface area contributed by atoms with Gasteiger partial charge in [-0.3, -0.25) is 4.79 Å².